The molecule has 1 aliphatic rings. The monoisotopic (exact) mass is 358 g/mol. The van der Waals surface area contributed by atoms with E-state index in [-0.39, 0.29) is 17.3 Å². The van der Waals surface area contributed by atoms with E-state index in [1.165, 1.54) is 10.8 Å². The number of pyridine rings is 1. The first-order valence-corrected chi connectivity index (χ1v) is 9.32. The van der Waals surface area contributed by atoms with Crippen molar-refractivity contribution < 1.29 is 4.79 Å². The van der Waals surface area contributed by atoms with Crippen LogP contribution in [-0.2, 0) is 6.54 Å². The van der Waals surface area contributed by atoms with Gasteiger partial charge >= 0.3 is 5.69 Å². The molecule has 26 heavy (non-hydrogen) atoms. The topological polar surface area (TPSA) is 88.1 Å². The Morgan fingerprint density at radius 3 is 2.65 bits per heavy atom. The van der Waals surface area contributed by atoms with Gasteiger partial charge in [0, 0.05) is 25.8 Å². The van der Waals surface area contributed by atoms with Crippen molar-refractivity contribution in [3.05, 3.63) is 38.7 Å². The number of carbonyl (C=O) groups excluding carboxylic acids is 1. The van der Waals surface area contributed by atoms with Crippen molar-refractivity contribution in [1.29, 1.82) is 0 Å². The lowest BCUT2D eigenvalue weighted by molar-refractivity contribution is 0.0679. The summed E-state index contributed by atoms with van der Waals surface area (Å²) < 4.78 is 1.44. The summed E-state index contributed by atoms with van der Waals surface area (Å²) in [5, 5.41) is 0.273. The third-order valence-corrected chi connectivity index (χ3v) is 5.38. The van der Waals surface area contributed by atoms with E-state index in [1.54, 1.807) is 11.0 Å². The number of aromatic amines is 1. The molecule has 1 amide bonds. The van der Waals surface area contributed by atoms with E-state index in [0.717, 1.165) is 32.1 Å². The average Bonchev–Trinajstić information content (AvgIpc) is 2.64. The van der Waals surface area contributed by atoms with Gasteiger partial charge in [-0.1, -0.05) is 13.8 Å². The van der Waals surface area contributed by atoms with Crippen LogP contribution in [0.5, 0.6) is 0 Å². The number of rotatable bonds is 4. The van der Waals surface area contributed by atoms with E-state index in [0.29, 0.717) is 23.7 Å². The number of hydrogen-bond acceptors (Lipinski definition) is 4. The minimum atomic E-state index is -0.506. The molecule has 2 aromatic rings. The third kappa shape index (κ3) is 3.43. The summed E-state index contributed by atoms with van der Waals surface area (Å²) in [4.78, 5) is 45.4. The molecule has 0 aromatic carbocycles. The Hall–Kier alpha value is -2.44. The molecule has 3 rings (SSSR count). The van der Waals surface area contributed by atoms with Crippen LogP contribution in [0.4, 0.5) is 0 Å². The van der Waals surface area contributed by atoms with Gasteiger partial charge in [-0.2, -0.15) is 0 Å². The van der Waals surface area contributed by atoms with Crippen molar-refractivity contribution in [1.82, 2.24) is 19.4 Å². The molecule has 1 saturated carbocycles. The van der Waals surface area contributed by atoms with Crippen LogP contribution in [0.1, 0.15) is 56.3 Å². The van der Waals surface area contributed by atoms with Crippen molar-refractivity contribution in [3.8, 4) is 0 Å². The normalized spacial score (nSPS) is 20.3. The number of aryl methyl sites for hydroxylation is 1. The number of hydrogen-bond donors (Lipinski definition) is 1. The molecule has 140 valence electrons. The number of aromatic nitrogens is 3. The highest BCUT2D eigenvalue weighted by Gasteiger charge is 2.26. The van der Waals surface area contributed by atoms with E-state index < -0.39 is 11.2 Å². The first-order chi connectivity index (χ1) is 12.4. The summed E-state index contributed by atoms with van der Waals surface area (Å²) in [5.41, 5.74) is -0.268. The highest BCUT2D eigenvalue weighted by molar-refractivity contribution is 5.96. The summed E-state index contributed by atoms with van der Waals surface area (Å²) in [7, 11) is 1.81. The summed E-state index contributed by atoms with van der Waals surface area (Å²) in [5.74, 6) is 0.581. The maximum atomic E-state index is 12.9. The van der Waals surface area contributed by atoms with E-state index in [1.807, 2.05) is 14.0 Å². The zero-order valence-electron chi connectivity index (χ0n) is 15.6. The predicted molar refractivity (Wildman–Crippen MR) is 100 cm³/mol. The van der Waals surface area contributed by atoms with E-state index in [9.17, 15) is 14.4 Å². The number of carbonyl (C=O) groups is 1. The molecule has 1 aliphatic carbocycles. The van der Waals surface area contributed by atoms with Gasteiger partial charge in [-0.25, -0.2) is 9.78 Å². The zero-order valence-corrected chi connectivity index (χ0v) is 15.6. The summed E-state index contributed by atoms with van der Waals surface area (Å²) in [6, 6.07) is 1.78. The van der Waals surface area contributed by atoms with Crippen LogP contribution in [0.3, 0.4) is 0 Å². The van der Waals surface area contributed by atoms with E-state index in [2.05, 4.69) is 16.9 Å². The molecule has 0 unspecified atom stereocenters. The van der Waals surface area contributed by atoms with Crippen LogP contribution in [-0.4, -0.2) is 38.4 Å². The smallest absolute Gasteiger partial charge is 0.329 e. The molecule has 2 aromatic heterocycles. The summed E-state index contributed by atoms with van der Waals surface area (Å²) >= 11 is 0. The second kappa shape index (κ2) is 7.43. The lowest BCUT2D eigenvalue weighted by Gasteiger charge is -2.33. The molecule has 0 saturated heterocycles. The minimum Gasteiger partial charge on any atom is -0.339 e. The molecule has 0 atom stereocenters. The van der Waals surface area contributed by atoms with Gasteiger partial charge < -0.3 is 4.90 Å². The first-order valence-electron chi connectivity index (χ1n) is 9.32. The van der Waals surface area contributed by atoms with Gasteiger partial charge in [-0.05, 0) is 44.1 Å². The van der Waals surface area contributed by atoms with Crippen LogP contribution in [0.2, 0.25) is 0 Å². The van der Waals surface area contributed by atoms with Gasteiger partial charge in [0.05, 0.1) is 10.9 Å². The van der Waals surface area contributed by atoms with Crippen LogP contribution < -0.4 is 11.2 Å². The Morgan fingerprint density at radius 2 is 2.00 bits per heavy atom. The lowest BCUT2D eigenvalue weighted by atomic mass is 9.86. The Morgan fingerprint density at radius 1 is 1.31 bits per heavy atom. The van der Waals surface area contributed by atoms with E-state index >= 15 is 0 Å². The van der Waals surface area contributed by atoms with Crippen molar-refractivity contribution >= 4 is 16.9 Å². The Labute approximate surface area is 152 Å². The number of fused-ring (bicyclic) bond motifs is 1. The predicted octanol–water partition coefficient (Wildman–Crippen LogP) is 2.15. The van der Waals surface area contributed by atoms with Crippen molar-refractivity contribution in [2.45, 2.75) is 58.5 Å². The SMILES string of the molecule is CCCn1c(=O)[nH]c(=O)c2cc(C(=O)N(C)C3CCC(C)CC3)cnc21. The fourth-order valence-corrected chi connectivity index (χ4v) is 3.72. The van der Waals surface area contributed by atoms with Gasteiger partial charge in [0.15, 0.2) is 0 Å². The highest BCUT2D eigenvalue weighted by atomic mass is 16.2. The maximum absolute atomic E-state index is 12.9. The Bertz CT molecular complexity index is 923. The third-order valence-electron chi connectivity index (χ3n) is 5.38. The molecule has 0 spiro atoms. The fourth-order valence-electron chi connectivity index (χ4n) is 3.72. The molecular formula is C19H26N4O3. The Kier molecular flexibility index (Phi) is 5.25. The van der Waals surface area contributed by atoms with Gasteiger partial charge in [-0.3, -0.25) is 19.1 Å². The van der Waals surface area contributed by atoms with Crippen molar-refractivity contribution in [3.63, 3.8) is 0 Å². The van der Waals surface area contributed by atoms with Crippen LogP contribution >= 0.6 is 0 Å². The van der Waals surface area contributed by atoms with Gasteiger partial charge in [0.25, 0.3) is 11.5 Å². The lowest BCUT2D eigenvalue weighted by Crippen LogP contribution is -2.39. The Balaban J connectivity index is 1.94. The molecule has 0 bridgehead atoms. The van der Waals surface area contributed by atoms with Crippen molar-refractivity contribution in [2.24, 2.45) is 5.92 Å². The number of amides is 1. The zero-order chi connectivity index (χ0) is 18.8. The molecule has 1 N–H and O–H groups in total. The van der Waals surface area contributed by atoms with E-state index in [4.69, 9.17) is 0 Å². The molecule has 7 nitrogen and oxygen atoms in total. The van der Waals surface area contributed by atoms with Crippen LogP contribution in [0.15, 0.2) is 21.9 Å². The number of H-pyrrole nitrogens is 1. The molecular weight excluding hydrogens is 332 g/mol. The van der Waals surface area contributed by atoms with Crippen LogP contribution in [0, 0.1) is 5.92 Å². The quantitative estimate of drug-likeness (QED) is 0.907. The standard InChI is InChI=1S/C19H26N4O3/c1-4-9-23-16-15(17(24)21-19(23)26)10-13(11-20-16)18(25)22(3)14-7-5-12(2)6-8-14/h10-12,14H,4-9H2,1-3H3,(H,21,24,26). The molecule has 0 radical (unpaired) electrons. The number of nitrogens with zero attached hydrogens (tertiary/aromatic N) is 3. The first kappa shape index (κ1) is 18.4. The van der Waals surface area contributed by atoms with Gasteiger partial charge in [0.2, 0.25) is 0 Å². The van der Waals surface area contributed by atoms with Crippen LogP contribution in [0.25, 0.3) is 11.0 Å². The summed E-state index contributed by atoms with van der Waals surface area (Å²) in [6.07, 6.45) is 6.47. The minimum absolute atomic E-state index is 0.133. The fraction of sp³-hybridized carbons (Fsp3) is 0.579. The maximum Gasteiger partial charge on any atom is 0.329 e. The second-order valence-corrected chi connectivity index (χ2v) is 7.34. The molecule has 2 heterocycles. The largest absolute Gasteiger partial charge is 0.339 e. The average molecular weight is 358 g/mol. The molecule has 7 heteroatoms. The van der Waals surface area contributed by atoms with Crippen molar-refractivity contribution in [2.75, 3.05) is 7.05 Å². The van der Waals surface area contributed by atoms with Gasteiger partial charge in [0.1, 0.15) is 5.65 Å². The highest BCUT2D eigenvalue weighted by Crippen LogP contribution is 2.27. The molecule has 1 fully saturated rings. The summed E-state index contributed by atoms with van der Waals surface area (Å²) in [6.45, 7) is 4.65. The second-order valence-electron chi connectivity index (χ2n) is 7.34. The van der Waals surface area contributed by atoms with Gasteiger partial charge in [-0.15, -0.1) is 0 Å². The molecule has 0 aliphatic heterocycles. The number of nitrogens with one attached hydrogen (secondary N) is 1.